The summed E-state index contributed by atoms with van der Waals surface area (Å²) in [5, 5.41) is 3.65. The van der Waals surface area contributed by atoms with Crippen LogP contribution in [0, 0.1) is 5.82 Å². The van der Waals surface area contributed by atoms with E-state index in [0.29, 0.717) is 21.9 Å². The minimum atomic E-state index is -0.627. The molecule has 0 aliphatic heterocycles. The van der Waals surface area contributed by atoms with Crippen LogP contribution in [0.2, 0.25) is 5.02 Å². The van der Waals surface area contributed by atoms with Crippen molar-refractivity contribution >= 4 is 51.7 Å². The molecule has 0 aliphatic rings. The number of para-hydroxylation sites is 1. The molecule has 0 saturated carbocycles. The molecule has 0 radical (unpaired) electrons. The highest BCUT2D eigenvalue weighted by Gasteiger charge is 2.25. The number of nitrogens with zero attached hydrogens (tertiary/aromatic N) is 2. The Bertz CT molecular complexity index is 1340. The van der Waals surface area contributed by atoms with Gasteiger partial charge in [0.05, 0.1) is 16.9 Å². The zero-order valence-corrected chi connectivity index (χ0v) is 18.0. The number of furan rings is 1. The number of hydrogen-bond donors (Lipinski definition) is 1. The van der Waals surface area contributed by atoms with Crippen molar-refractivity contribution < 1.29 is 18.4 Å². The summed E-state index contributed by atoms with van der Waals surface area (Å²) in [7, 11) is 0. The van der Waals surface area contributed by atoms with Gasteiger partial charge in [-0.2, -0.15) is 0 Å². The van der Waals surface area contributed by atoms with Gasteiger partial charge in [0, 0.05) is 16.7 Å². The van der Waals surface area contributed by atoms with Gasteiger partial charge in [-0.25, -0.2) is 14.4 Å². The number of benzene rings is 2. The van der Waals surface area contributed by atoms with Crippen molar-refractivity contribution in [3.63, 3.8) is 0 Å². The fraction of sp³-hybridized carbons (Fsp3) is 0.0435. The fourth-order valence-electron chi connectivity index (χ4n) is 2.95. The summed E-state index contributed by atoms with van der Waals surface area (Å²) in [4.78, 5) is 34.4. The number of rotatable bonds is 7. The van der Waals surface area contributed by atoms with Crippen molar-refractivity contribution in [1.82, 2.24) is 9.97 Å². The van der Waals surface area contributed by atoms with Gasteiger partial charge in [0.15, 0.2) is 16.6 Å². The van der Waals surface area contributed by atoms with Gasteiger partial charge < -0.3 is 9.73 Å². The zero-order chi connectivity index (χ0) is 22.7. The Morgan fingerprint density at radius 3 is 2.69 bits per heavy atom. The number of aromatic nitrogens is 2. The Hall–Kier alpha value is -3.49. The Balaban J connectivity index is 1.73. The molecule has 9 heteroatoms. The van der Waals surface area contributed by atoms with E-state index in [0.717, 1.165) is 0 Å². The van der Waals surface area contributed by atoms with Crippen molar-refractivity contribution in [2.45, 2.75) is 5.16 Å². The first-order valence-electron chi connectivity index (χ1n) is 9.37. The maximum absolute atomic E-state index is 13.3. The second-order valence-corrected chi connectivity index (χ2v) is 7.94. The van der Waals surface area contributed by atoms with Crippen LogP contribution >= 0.6 is 23.4 Å². The molecule has 0 aliphatic carbocycles. The standard InChI is InChI=1S/C23H15ClFN3O3S/c1-2-11-32-23-26-12-16(24)19(28-23)22(30)27-18-15-5-3-4-6-17(15)31-21(18)20(29)13-7-9-14(25)10-8-13/h2-10,12H,1,11H2,(H,27,30). The van der Waals surface area contributed by atoms with Gasteiger partial charge in [-0.1, -0.05) is 41.6 Å². The van der Waals surface area contributed by atoms with E-state index in [1.807, 2.05) is 0 Å². The largest absolute Gasteiger partial charge is 0.450 e. The third kappa shape index (κ3) is 4.42. The van der Waals surface area contributed by atoms with Gasteiger partial charge in [0.1, 0.15) is 11.4 Å². The summed E-state index contributed by atoms with van der Waals surface area (Å²) in [5.41, 5.74) is 0.752. The SMILES string of the molecule is C=CCSc1ncc(Cl)c(C(=O)Nc2c(C(=O)c3ccc(F)cc3)oc3ccccc23)n1. The molecule has 2 aromatic heterocycles. The van der Waals surface area contributed by atoms with Crippen LogP contribution in [0.15, 0.2) is 77.0 Å². The van der Waals surface area contributed by atoms with Gasteiger partial charge in [0.25, 0.3) is 5.91 Å². The number of fused-ring (bicyclic) bond motifs is 1. The predicted octanol–water partition coefficient (Wildman–Crippen LogP) is 5.78. The number of ketones is 1. The molecular formula is C23H15ClFN3O3S. The van der Waals surface area contributed by atoms with Crippen LogP contribution in [-0.4, -0.2) is 27.4 Å². The molecule has 0 fully saturated rings. The highest BCUT2D eigenvalue weighted by Crippen LogP contribution is 2.33. The van der Waals surface area contributed by atoms with Crippen molar-refractivity contribution in [1.29, 1.82) is 0 Å². The molecule has 0 atom stereocenters. The Morgan fingerprint density at radius 2 is 1.94 bits per heavy atom. The van der Waals surface area contributed by atoms with E-state index in [2.05, 4.69) is 21.9 Å². The Kier molecular flexibility index (Phi) is 6.34. The van der Waals surface area contributed by atoms with E-state index in [4.69, 9.17) is 16.0 Å². The van der Waals surface area contributed by atoms with E-state index >= 15 is 0 Å². The van der Waals surface area contributed by atoms with Crippen molar-refractivity contribution in [3.8, 4) is 0 Å². The van der Waals surface area contributed by atoms with Crippen LogP contribution in [0.5, 0.6) is 0 Å². The summed E-state index contributed by atoms with van der Waals surface area (Å²) in [5.74, 6) is -1.13. The van der Waals surface area contributed by atoms with E-state index < -0.39 is 17.5 Å². The van der Waals surface area contributed by atoms with Gasteiger partial charge in [0.2, 0.25) is 5.78 Å². The molecule has 0 bridgehead atoms. The molecular weight excluding hydrogens is 453 g/mol. The number of carbonyl (C=O) groups excluding carboxylic acids is 2. The van der Waals surface area contributed by atoms with Crippen LogP contribution in [-0.2, 0) is 0 Å². The van der Waals surface area contributed by atoms with Gasteiger partial charge >= 0.3 is 0 Å². The minimum Gasteiger partial charge on any atom is -0.450 e. The summed E-state index contributed by atoms with van der Waals surface area (Å²) >= 11 is 7.45. The average molecular weight is 468 g/mol. The van der Waals surface area contributed by atoms with E-state index in [1.165, 1.54) is 42.2 Å². The number of carbonyl (C=O) groups is 2. The number of halogens is 2. The average Bonchev–Trinajstić information content (AvgIpc) is 3.17. The van der Waals surface area contributed by atoms with Crippen molar-refractivity contribution in [2.75, 3.05) is 11.1 Å². The monoisotopic (exact) mass is 467 g/mol. The summed E-state index contributed by atoms with van der Waals surface area (Å²) in [6, 6.07) is 11.9. The Labute approximate surface area is 191 Å². The van der Waals surface area contributed by atoms with Crippen LogP contribution in [0.4, 0.5) is 10.1 Å². The predicted molar refractivity (Wildman–Crippen MR) is 122 cm³/mol. The quantitative estimate of drug-likeness (QED) is 0.160. The first kappa shape index (κ1) is 21.7. The lowest BCUT2D eigenvalue weighted by molar-refractivity contribution is 0.101. The smallest absolute Gasteiger partial charge is 0.276 e. The van der Waals surface area contributed by atoms with E-state index in [1.54, 1.807) is 30.3 Å². The number of amides is 1. The Morgan fingerprint density at radius 1 is 1.19 bits per heavy atom. The summed E-state index contributed by atoms with van der Waals surface area (Å²) in [6.07, 6.45) is 3.03. The maximum Gasteiger partial charge on any atom is 0.276 e. The molecule has 4 rings (SSSR count). The molecule has 4 aromatic rings. The van der Waals surface area contributed by atoms with E-state index in [-0.39, 0.29) is 27.7 Å². The van der Waals surface area contributed by atoms with Gasteiger partial charge in [-0.3, -0.25) is 9.59 Å². The zero-order valence-electron chi connectivity index (χ0n) is 16.5. The number of thioether (sulfide) groups is 1. The first-order valence-corrected chi connectivity index (χ1v) is 10.7. The number of hydrogen-bond acceptors (Lipinski definition) is 6. The van der Waals surface area contributed by atoms with Crippen molar-refractivity contribution in [3.05, 3.63) is 95.2 Å². The molecule has 0 spiro atoms. The topological polar surface area (TPSA) is 85.1 Å². The lowest BCUT2D eigenvalue weighted by atomic mass is 10.1. The summed E-state index contributed by atoms with van der Waals surface area (Å²) < 4.78 is 19.0. The molecule has 6 nitrogen and oxygen atoms in total. The van der Waals surface area contributed by atoms with Gasteiger partial charge in [-0.15, -0.1) is 6.58 Å². The molecule has 160 valence electrons. The van der Waals surface area contributed by atoms with Crippen LogP contribution in [0.1, 0.15) is 26.6 Å². The first-order chi connectivity index (χ1) is 15.5. The minimum absolute atomic E-state index is 0.0429. The fourth-order valence-corrected chi connectivity index (χ4v) is 3.67. The lowest BCUT2D eigenvalue weighted by Crippen LogP contribution is -2.17. The highest BCUT2D eigenvalue weighted by molar-refractivity contribution is 7.99. The summed E-state index contributed by atoms with van der Waals surface area (Å²) in [6.45, 7) is 3.64. The molecule has 1 N–H and O–H groups in total. The molecule has 1 amide bonds. The molecule has 2 heterocycles. The highest BCUT2D eigenvalue weighted by atomic mass is 35.5. The maximum atomic E-state index is 13.3. The van der Waals surface area contributed by atoms with Crippen LogP contribution in [0.3, 0.4) is 0 Å². The van der Waals surface area contributed by atoms with Gasteiger partial charge in [-0.05, 0) is 36.4 Å². The molecule has 2 aromatic carbocycles. The second kappa shape index (κ2) is 9.33. The van der Waals surface area contributed by atoms with Crippen LogP contribution < -0.4 is 5.32 Å². The van der Waals surface area contributed by atoms with E-state index in [9.17, 15) is 14.0 Å². The number of nitrogens with one attached hydrogen (secondary N) is 1. The normalized spacial score (nSPS) is 10.8. The molecule has 0 saturated heterocycles. The van der Waals surface area contributed by atoms with Crippen molar-refractivity contribution in [2.24, 2.45) is 0 Å². The molecule has 32 heavy (non-hydrogen) atoms. The third-order valence-corrected chi connectivity index (χ3v) is 5.55. The second-order valence-electron chi connectivity index (χ2n) is 6.54. The molecule has 0 unspecified atom stereocenters. The lowest BCUT2D eigenvalue weighted by Gasteiger charge is -2.08. The third-order valence-electron chi connectivity index (χ3n) is 4.41. The number of anilines is 1. The van der Waals surface area contributed by atoms with Crippen LogP contribution in [0.25, 0.3) is 11.0 Å².